The van der Waals surface area contributed by atoms with Gasteiger partial charge in [-0.2, -0.15) is 0 Å². The number of halogens is 1. The van der Waals surface area contributed by atoms with Crippen LogP contribution in [0.1, 0.15) is 32.8 Å². The quantitative estimate of drug-likeness (QED) is 0.718. The van der Waals surface area contributed by atoms with Crippen molar-refractivity contribution in [2.24, 2.45) is 17.6 Å². The van der Waals surface area contributed by atoms with Gasteiger partial charge in [0, 0.05) is 31.1 Å². The highest BCUT2D eigenvalue weighted by Gasteiger charge is 2.10. The number of nitrogens with one attached hydrogen (secondary N) is 2. The lowest BCUT2D eigenvalue weighted by Gasteiger charge is -2.11. The monoisotopic (exact) mass is 327 g/mol. The molecular formula is C16H26ClN3O2. The largest absolute Gasteiger partial charge is 0.352 e. The second-order valence-corrected chi connectivity index (χ2v) is 5.70. The first kappa shape index (κ1) is 20.4. The Kier molecular flexibility index (Phi) is 9.45. The number of carbonyl (C=O) groups is 2. The third-order valence-corrected chi connectivity index (χ3v) is 3.07. The molecule has 1 aromatic rings. The molecule has 1 atom stereocenters. The first-order valence-electron chi connectivity index (χ1n) is 7.29. The Morgan fingerprint density at radius 3 is 2.50 bits per heavy atom. The zero-order chi connectivity index (χ0) is 15.8. The molecule has 0 bridgehead atoms. The molecule has 0 heterocycles. The number of amides is 2. The van der Waals surface area contributed by atoms with Gasteiger partial charge in [0.25, 0.3) is 0 Å². The highest BCUT2D eigenvalue weighted by atomic mass is 35.5. The van der Waals surface area contributed by atoms with Gasteiger partial charge in [-0.1, -0.05) is 32.9 Å². The Morgan fingerprint density at radius 2 is 1.91 bits per heavy atom. The van der Waals surface area contributed by atoms with Gasteiger partial charge in [0.2, 0.25) is 11.8 Å². The molecule has 1 unspecified atom stereocenters. The van der Waals surface area contributed by atoms with Crippen molar-refractivity contribution >= 4 is 29.9 Å². The van der Waals surface area contributed by atoms with E-state index < -0.39 is 0 Å². The highest BCUT2D eigenvalue weighted by molar-refractivity contribution is 5.90. The van der Waals surface area contributed by atoms with Crippen LogP contribution in [0.25, 0.3) is 0 Å². The van der Waals surface area contributed by atoms with E-state index in [1.165, 1.54) is 0 Å². The van der Waals surface area contributed by atoms with E-state index in [2.05, 4.69) is 10.6 Å². The van der Waals surface area contributed by atoms with E-state index in [1.807, 2.05) is 38.1 Å². The molecule has 5 nitrogen and oxygen atoms in total. The minimum atomic E-state index is -0.195. The maximum absolute atomic E-state index is 11.7. The summed E-state index contributed by atoms with van der Waals surface area (Å²) >= 11 is 0. The van der Waals surface area contributed by atoms with Gasteiger partial charge in [-0.3, -0.25) is 9.59 Å². The van der Waals surface area contributed by atoms with E-state index >= 15 is 0 Å². The molecule has 22 heavy (non-hydrogen) atoms. The van der Waals surface area contributed by atoms with Crippen molar-refractivity contribution in [2.75, 3.05) is 11.9 Å². The fourth-order valence-electron chi connectivity index (χ4n) is 1.81. The van der Waals surface area contributed by atoms with Gasteiger partial charge in [-0.15, -0.1) is 12.4 Å². The van der Waals surface area contributed by atoms with Crippen LogP contribution in [0.2, 0.25) is 0 Å². The van der Waals surface area contributed by atoms with Gasteiger partial charge >= 0.3 is 0 Å². The Labute approximate surface area is 138 Å². The number of nitrogens with two attached hydrogens (primary N) is 1. The van der Waals surface area contributed by atoms with Crippen LogP contribution in [0.3, 0.4) is 0 Å². The van der Waals surface area contributed by atoms with Crippen LogP contribution in [0.4, 0.5) is 5.69 Å². The number of carbonyl (C=O) groups excluding carboxylic acids is 2. The van der Waals surface area contributed by atoms with Gasteiger partial charge in [-0.05, 0) is 23.6 Å². The third-order valence-electron chi connectivity index (χ3n) is 3.07. The lowest BCUT2D eigenvalue weighted by molar-refractivity contribution is -0.124. The summed E-state index contributed by atoms with van der Waals surface area (Å²) in [5.41, 5.74) is 7.14. The molecule has 0 spiro atoms. The van der Waals surface area contributed by atoms with E-state index in [-0.39, 0.29) is 30.1 Å². The SMILES string of the molecule is CC(C)CC(=O)Nc1cccc(CNC(=O)C(C)CN)c1.Cl. The zero-order valence-electron chi connectivity index (χ0n) is 13.4. The van der Waals surface area contributed by atoms with E-state index in [1.54, 1.807) is 6.92 Å². The maximum atomic E-state index is 11.7. The molecule has 4 N–H and O–H groups in total. The average molecular weight is 328 g/mol. The molecule has 2 amide bonds. The van der Waals surface area contributed by atoms with E-state index in [9.17, 15) is 9.59 Å². The van der Waals surface area contributed by atoms with Crippen LogP contribution in [-0.2, 0) is 16.1 Å². The van der Waals surface area contributed by atoms with Crippen molar-refractivity contribution in [3.05, 3.63) is 29.8 Å². The molecule has 0 saturated carbocycles. The smallest absolute Gasteiger partial charge is 0.224 e. The minimum Gasteiger partial charge on any atom is -0.352 e. The van der Waals surface area contributed by atoms with Crippen molar-refractivity contribution < 1.29 is 9.59 Å². The fraction of sp³-hybridized carbons (Fsp3) is 0.500. The summed E-state index contributed by atoms with van der Waals surface area (Å²) in [6, 6.07) is 7.47. The van der Waals surface area contributed by atoms with E-state index in [0.29, 0.717) is 25.4 Å². The van der Waals surface area contributed by atoms with Gasteiger partial charge in [0.05, 0.1) is 0 Å². The first-order valence-corrected chi connectivity index (χ1v) is 7.29. The van der Waals surface area contributed by atoms with Crippen LogP contribution in [0, 0.1) is 11.8 Å². The molecule has 0 aliphatic carbocycles. The second kappa shape index (κ2) is 10.2. The maximum Gasteiger partial charge on any atom is 0.224 e. The van der Waals surface area contributed by atoms with Crippen molar-refractivity contribution in [2.45, 2.75) is 33.7 Å². The van der Waals surface area contributed by atoms with E-state index in [4.69, 9.17) is 5.73 Å². The van der Waals surface area contributed by atoms with Gasteiger partial charge in [0.1, 0.15) is 0 Å². The molecule has 124 valence electrons. The highest BCUT2D eigenvalue weighted by Crippen LogP contribution is 2.12. The Balaban J connectivity index is 0.00000441. The Morgan fingerprint density at radius 1 is 1.23 bits per heavy atom. The summed E-state index contributed by atoms with van der Waals surface area (Å²) in [4.78, 5) is 23.4. The van der Waals surface area contributed by atoms with E-state index in [0.717, 1.165) is 11.3 Å². The normalized spacial score (nSPS) is 11.5. The molecule has 0 radical (unpaired) electrons. The number of hydrogen-bond donors (Lipinski definition) is 3. The summed E-state index contributed by atoms with van der Waals surface area (Å²) in [6.45, 7) is 6.56. The summed E-state index contributed by atoms with van der Waals surface area (Å²) < 4.78 is 0. The molecule has 0 fully saturated rings. The summed E-state index contributed by atoms with van der Waals surface area (Å²) in [7, 11) is 0. The standard InChI is InChI=1S/C16H25N3O2.ClH/c1-11(2)7-15(20)19-14-6-4-5-13(8-14)10-18-16(21)12(3)9-17;/h4-6,8,11-12H,7,9-10,17H2,1-3H3,(H,18,21)(H,19,20);1H. The molecule has 1 aromatic carbocycles. The van der Waals surface area contributed by atoms with Crippen LogP contribution >= 0.6 is 12.4 Å². The zero-order valence-corrected chi connectivity index (χ0v) is 14.2. The average Bonchev–Trinajstić information content (AvgIpc) is 2.43. The lowest BCUT2D eigenvalue weighted by Crippen LogP contribution is -2.32. The molecule has 1 rings (SSSR count). The molecule has 0 aliphatic heterocycles. The van der Waals surface area contributed by atoms with Crippen molar-refractivity contribution in [3.8, 4) is 0 Å². The minimum absolute atomic E-state index is 0. The van der Waals surface area contributed by atoms with Crippen LogP contribution in [-0.4, -0.2) is 18.4 Å². The lowest BCUT2D eigenvalue weighted by atomic mass is 10.1. The molecule has 6 heteroatoms. The van der Waals surface area contributed by atoms with Crippen molar-refractivity contribution in [3.63, 3.8) is 0 Å². The third kappa shape index (κ3) is 7.43. The molecular weight excluding hydrogens is 302 g/mol. The summed E-state index contributed by atoms with van der Waals surface area (Å²) in [5.74, 6) is 0.0684. The topological polar surface area (TPSA) is 84.2 Å². The summed E-state index contributed by atoms with van der Waals surface area (Å²) in [5, 5.41) is 5.69. The number of anilines is 1. The van der Waals surface area contributed by atoms with Crippen molar-refractivity contribution in [1.29, 1.82) is 0 Å². The summed E-state index contributed by atoms with van der Waals surface area (Å²) in [6.07, 6.45) is 0.495. The number of rotatable bonds is 7. The number of hydrogen-bond acceptors (Lipinski definition) is 3. The van der Waals surface area contributed by atoms with Crippen molar-refractivity contribution in [1.82, 2.24) is 5.32 Å². The van der Waals surface area contributed by atoms with Gasteiger partial charge in [0.15, 0.2) is 0 Å². The first-order chi connectivity index (χ1) is 9.92. The fourth-order valence-corrected chi connectivity index (χ4v) is 1.81. The molecule has 0 aromatic heterocycles. The van der Waals surface area contributed by atoms with Crippen LogP contribution in [0.5, 0.6) is 0 Å². The second-order valence-electron chi connectivity index (χ2n) is 5.70. The molecule has 0 saturated heterocycles. The van der Waals surface area contributed by atoms with Gasteiger partial charge in [-0.25, -0.2) is 0 Å². The molecule has 0 aliphatic rings. The van der Waals surface area contributed by atoms with Gasteiger partial charge < -0.3 is 16.4 Å². The van der Waals surface area contributed by atoms with Crippen LogP contribution < -0.4 is 16.4 Å². The predicted molar refractivity (Wildman–Crippen MR) is 91.8 cm³/mol. The predicted octanol–water partition coefficient (Wildman–Crippen LogP) is 2.30. The van der Waals surface area contributed by atoms with Crippen LogP contribution in [0.15, 0.2) is 24.3 Å². The Hall–Kier alpha value is -1.59. The Bertz CT molecular complexity index is 492. The number of benzene rings is 1.